The average Bonchev–Trinajstić information content (AvgIpc) is 3.13. The Kier molecular flexibility index (Phi) is 5.31. The SMILES string of the molecule is Nc1cc(CCC(=O)NCc2ccccn2)ccc1N1CCCC1. The summed E-state index contributed by atoms with van der Waals surface area (Å²) >= 11 is 0. The van der Waals surface area contributed by atoms with Crippen molar-refractivity contribution in [2.24, 2.45) is 0 Å². The molecular weight excluding hydrogens is 300 g/mol. The molecule has 0 aliphatic carbocycles. The Balaban J connectivity index is 1.49. The second-order valence-electron chi connectivity index (χ2n) is 6.19. The first-order chi connectivity index (χ1) is 11.7. The quantitative estimate of drug-likeness (QED) is 0.801. The zero-order chi connectivity index (χ0) is 16.8. The van der Waals surface area contributed by atoms with E-state index in [-0.39, 0.29) is 5.91 Å². The highest BCUT2D eigenvalue weighted by molar-refractivity contribution is 5.76. The highest BCUT2D eigenvalue weighted by Gasteiger charge is 2.15. The van der Waals surface area contributed by atoms with Gasteiger partial charge in [0, 0.05) is 25.7 Å². The number of benzene rings is 1. The molecule has 2 heterocycles. The van der Waals surface area contributed by atoms with E-state index in [9.17, 15) is 4.79 Å². The number of nitrogens with zero attached hydrogens (tertiary/aromatic N) is 2. The standard InChI is InChI=1S/C19H24N4O/c20-17-13-15(6-8-18(17)23-11-3-4-12-23)7-9-19(24)22-14-16-5-1-2-10-21-16/h1-2,5-6,8,10,13H,3-4,7,9,11-12,14,20H2,(H,22,24). The fourth-order valence-corrected chi connectivity index (χ4v) is 3.04. The van der Waals surface area contributed by atoms with Gasteiger partial charge in [0.15, 0.2) is 0 Å². The van der Waals surface area contributed by atoms with Crippen LogP contribution >= 0.6 is 0 Å². The summed E-state index contributed by atoms with van der Waals surface area (Å²) < 4.78 is 0. The van der Waals surface area contributed by atoms with Gasteiger partial charge in [0.2, 0.25) is 5.91 Å². The molecule has 1 aromatic carbocycles. The van der Waals surface area contributed by atoms with Crippen molar-refractivity contribution in [1.29, 1.82) is 0 Å². The van der Waals surface area contributed by atoms with Gasteiger partial charge in [-0.1, -0.05) is 12.1 Å². The fourth-order valence-electron chi connectivity index (χ4n) is 3.04. The summed E-state index contributed by atoms with van der Waals surface area (Å²) in [4.78, 5) is 18.5. The van der Waals surface area contributed by atoms with Crippen LogP contribution in [0.4, 0.5) is 11.4 Å². The Hall–Kier alpha value is -2.56. The van der Waals surface area contributed by atoms with Crippen LogP contribution in [-0.2, 0) is 17.8 Å². The maximum atomic E-state index is 12.0. The van der Waals surface area contributed by atoms with Crippen LogP contribution in [0.5, 0.6) is 0 Å². The van der Waals surface area contributed by atoms with E-state index in [2.05, 4.69) is 27.3 Å². The Morgan fingerprint density at radius 2 is 2.04 bits per heavy atom. The molecule has 0 atom stereocenters. The summed E-state index contributed by atoms with van der Waals surface area (Å²) in [5.41, 5.74) is 10.1. The molecule has 0 spiro atoms. The molecule has 0 unspecified atom stereocenters. The number of nitrogen functional groups attached to an aromatic ring is 1. The average molecular weight is 324 g/mol. The molecule has 1 aromatic heterocycles. The van der Waals surface area contributed by atoms with E-state index in [4.69, 9.17) is 5.73 Å². The van der Waals surface area contributed by atoms with Gasteiger partial charge >= 0.3 is 0 Å². The monoisotopic (exact) mass is 324 g/mol. The predicted octanol–water partition coefficient (Wildman–Crippen LogP) is 2.51. The number of aromatic nitrogens is 1. The largest absolute Gasteiger partial charge is 0.397 e. The molecule has 0 saturated carbocycles. The number of hydrogen-bond acceptors (Lipinski definition) is 4. The molecule has 0 radical (unpaired) electrons. The lowest BCUT2D eigenvalue weighted by molar-refractivity contribution is -0.121. The highest BCUT2D eigenvalue weighted by Crippen LogP contribution is 2.27. The van der Waals surface area contributed by atoms with Crippen LogP contribution in [0, 0.1) is 0 Å². The lowest BCUT2D eigenvalue weighted by atomic mass is 10.1. The molecule has 1 aliphatic rings. The third kappa shape index (κ3) is 4.25. The summed E-state index contributed by atoms with van der Waals surface area (Å²) in [5, 5.41) is 2.90. The van der Waals surface area contributed by atoms with Gasteiger partial charge in [-0.3, -0.25) is 9.78 Å². The molecule has 5 nitrogen and oxygen atoms in total. The number of nitrogens with two attached hydrogens (primary N) is 1. The van der Waals surface area contributed by atoms with Gasteiger partial charge in [0.05, 0.1) is 23.6 Å². The smallest absolute Gasteiger partial charge is 0.220 e. The van der Waals surface area contributed by atoms with Gasteiger partial charge in [-0.15, -0.1) is 0 Å². The third-order valence-electron chi connectivity index (χ3n) is 4.37. The second-order valence-corrected chi connectivity index (χ2v) is 6.19. The van der Waals surface area contributed by atoms with E-state index in [0.717, 1.165) is 35.7 Å². The van der Waals surface area contributed by atoms with Crippen LogP contribution in [0.25, 0.3) is 0 Å². The van der Waals surface area contributed by atoms with E-state index in [1.54, 1.807) is 6.20 Å². The Bertz CT molecular complexity index is 681. The van der Waals surface area contributed by atoms with E-state index in [0.29, 0.717) is 19.4 Å². The number of amides is 1. The lowest BCUT2D eigenvalue weighted by Crippen LogP contribution is -2.23. The minimum atomic E-state index is 0.0304. The zero-order valence-corrected chi connectivity index (χ0v) is 13.9. The van der Waals surface area contributed by atoms with Crippen molar-refractivity contribution in [3.63, 3.8) is 0 Å². The van der Waals surface area contributed by atoms with Crippen molar-refractivity contribution in [3.8, 4) is 0 Å². The van der Waals surface area contributed by atoms with Crippen molar-refractivity contribution >= 4 is 17.3 Å². The van der Waals surface area contributed by atoms with E-state index in [1.165, 1.54) is 12.8 Å². The summed E-state index contributed by atoms with van der Waals surface area (Å²) in [5.74, 6) is 0.0304. The first-order valence-corrected chi connectivity index (χ1v) is 8.52. The summed E-state index contributed by atoms with van der Waals surface area (Å²) in [7, 11) is 0. The van der Waals surface area contributed by atoms with Crippen molar-refractivity contribution in [2.45, 2.75) is 32.2 Å². The molecule has 5 heteroatoms. The minimum Gasteiger partial charge on any atom is -0.397 e. The number of rotatable bonds is 6. The van der Waals surface area contributed by atoms with Crippen LogP contribution in [0.2, 0.25) is 0 Å². The zero-order valence-electron chi connectivity index (χ0n) is 13.9. The summed E-state index contributed by atoms with van der Waals surface area (Å²) in [6.07, 6.45) is 5.34. The van der Waals surface area contributed by atoms with Gasteiger partial charge < -0.3 is 16.0 Å². The number of carbonyl (C=O) groups excluding carboxylic acids is 1. The van der Waals surface area contributed by atoms with Gasteiger partial charge in [0.25, 0.3) is 0 Å². The molecule has 3 N–H and O–H groups in total. The number of pyridine rings is 1. The first-order valence-electron chi connectivity index (χ1n) is 8.52. The van der Waals surface area contributed by atoms with E-state index >= 15 is 0 Å². The normalized spacial score (nSPS) is 13.9. The topological polar surface area (TPSA) is 71.2 Å². The predicted molar refractivity (Wildman–Crippen MR) is 96.7 cm³/mol. The van der Waals surface area contributed by atoms with E-state index in [1.807, 2.05) is 24.3 Å². The summed E-state index contributed by atoms with van der Waals surface area (Å²) in [6, 6.07) is 11.8. The first kappa shape index (κ1) is 16.3. The van der Waals surface area contributed by atoms with Crippen molar-refractivity contribution in [1.82, 2.24) is 10.3 Å². The van der Waals surface area contributed by atoms with Crippen LogP contribution < -0.4 is 16.0 Å². The molecule has 1 aliphatic heterocycles. The number of carbonyl (C=O) groups is 1. The fraction of sp³-hybridized carbons (Fsp3) is 0.368. The number of anilines is 2. The summed E-state index contributed by atoms with van der Waals surface area (Å²) in [6.45, 7) is 2.63. The lowest BCUT2D eigenvalue weighted by Gasteiger charge is -2.20. The van der Waals surface area contributed by atoms with Gasteiger partial charge in [-0.2, -0.15) is 0 Å². The molecule has 126 valence electrons. The molecule has 1 saturated heterocycles. The minimum absolute atomic E-state index is 0.0304. The maximum absolute atomic E-state index is 12.0. The Morgan fingerprint density at radius 1 is 1.21 bits per heavy atom. The molecular formula is C19H24N4O. The second kappa shape index (κ2) is 7.81. The van der Waals surface area contributed by atoms with Gasteiger partial charge in [0.1, 0.15) is 0 Å². The number of hydrogen-bond donors (Lipinski definition) is 2. The van der Waals surface area contributed by atoms with Crippen LogP contribution in [-0.4, -0.2) is 24.0 Å². The van der Waals surface area contributed by atoms with Crippen LogP contribution in [0.1, 0.15) is 30.5 Å². The molecule has 0 bridgehead atoms. The van der Waals surface area contributed by atoms with Crippen molar-refractivity contribution in [2.75, 3.05) is 23.7 Å². The Morgan fingerprint density at radius 3 is 2.75 bits per heavy atom. The molecule has 1 fully saturated rings. The van der Waals surface area contributed by atoms with Crippen molar-refractivity contribution in [3.05, 3.63) is 53.9 Å². The molecule has 2 aromatic rings. The van der Waals surface area contributed by atoms with Crippen LogP contribution in [0.15, 0.2) is 42.6 Å². The number of nitrogens with one attached hydrogen (secondary N) is 1. The van der Waals surface area contributed by atoms with Gasteiger partial charge in [-0.05, 0) is 49.1 Å². The molecule has 1 amide bonds. The molecule has 24 heavy (non-hydrogen) atoms. The van der Waals surface area contributed by atoms with Crippen molar-refractivity contribution < 1.29 is 4.79 Å². The van der Waals surface area contributed by atoms with Gasteiger partial charge in [-0.25, -0.2) is 0 Å². The number of aryl methyl sites for hydroxylation is 1. The highest BCUT2D eigenvalue weighted by atomic mass is 16.1. The maximum Gasteiger partial charge on any atom is 0.220 e. The van der Waals surface area contributed by atoms with E-state index < -0.39 is 0 Å². The third-order valence-corrected chi connectivity index (χ3v) is 4.37. The Labute approximate surface area is 142 Å². The van der Waals surface area contributed by atoms with Crippen LogP contribution in [0.3, 0.4) is 0 Å². The molecule has 3 rings (SSSR count).